The number of carboxylic acid groups (broad SMARTS) is 1. The second-order valence-electron chi connectivity index (χ2n) is 8.81. The number of para-hydroxylation sites is 4. The van der Waals surface area contributed by atoms with Gasteiger partial charge in [0, 0.05) is 0 Å². The maximum absolute atomic E-state index is 11.6. The van der Waals surface area contributed by atoms with Gasteiger partial charge >= 0.3 is 5.97 Å². The van der Waals surface area contributed by atoms with E-state index in [2.05, 4.69) is 6.58 Å². The SMILES string of the molecule is C=C(C)c1ccc(C2(OCC(=O)O)COc3ccccc3OCCOCCOc3ccccc3OC2)cc1. The summed E-state index contributed by atoms with van der Waals surface area (Å²) in [6.45, 7) is 6.66. The van der Waals surface area contributed by atoms with Crippen molar-refractivity contribution in [1.82, 2.24) is 0 Å². The Morgan fingerprint density at radius 1 is 0.789 bits per heavy atom. The lowest BCUT2D eigenvalue weighted by molar-refractivity contribution is -0.157. The molecule has 0 aliphatic carbocycles. The topological polar surface area (TPSA) is 92.7 Å². The lowest BCUT2D eigenvalue weighted by Crippen LogP contribution is -2.43. The molecule has 0 amide bonds. The monoisotopic (exact) mass is 520 g/mol. The molecule has 0 unspecified atom stereocenters. The Balaban J connectivity index is 1.74. The largest absolute Gasteiger partial charge is 0.487 e. The van der Waals surface area contributed by atoms with Crippen molar-refractivity contribution in [3.05, 3.63) is 90.5 Å². The molecule has 0 aromatic heterocycles. The van der Waals surface area contributed by atoms with Gasteiger partial charge in [0.15, 0.2) is 28.6 Å². The Morgan fingerprint density at radius 3 is 1.71 bits per heavy atom. The van der Waals surface area contributed by atoms with E-state index in [9.17, 15) is 9.90 Å². The maximum Gasteiger partial charge on any atom is 0.329 e. The number of carboxylic acids is 1. The smallest absolute Gasteiger partial charge is 0.329 e. The van der Waals surface area contributed by atoms with Gasteiger partial charge in [-0.2, -0.15) is 0 Å². The zero-order valence-corrected chi connectivity index (χ0v) is 21.4. The molecule has 0 saturated carbocycles. The molecule has 0 radical (unpaired) electrons. The maximum atomic E-state index is 11.6. The van der Waals surface area contributed by atoms with Crippen LogP contribution in [-0.2, 0) is 19.9 Å². The summed E-state index contributed by atoms with van der Waals surface area (Å²) in [5.41, 5.74) is 1.27. The van der Waals surface area contributed by atoms with Crippen LogP contribution in [0.2, 0.25) is 0 Å². The summed E-state index contributed by atoms with van der Waals surface area (Å²) in [7, 11) is 0. The Morgan fingerprint density at radius 2 is 1.26 bits per heavy atom. The highest BCUT2D eigenvalue weighted by molar-refractivity contribution is 5.68. The van der Waals surface area contributed by atoms with Crippen molar-refractivity contribution >= 4 is 11.5 Å². The van der Waals surface area contributed by atoms with Gasteiger partial charge in [0.1, 0.15) is 33.0 Å². The fourth-order valence-corrected chi connectivity index (χ4v) is 3.92. The number of fused-ring (bicyclic) bond motifs is 2. The first-order valence-corrected chi connectivity index (χ1v) is 12.4. The molecule has 4 rings (SSSR count). The van der Waals surface area contributed by atoms with Crippen LogP contribution >= 0.6 is 0 Å². The normalized spacial score (nSPS) is 15.8. The van der Waals surface area contributed by atoms with Crippen LogP contribution in [0.5, 0.6) is 23.0 Å². The minimum atomic E-state index is -1.29. The van der Waals surface area contributed by atoms with Gasteiger partial charge < -0.3 is 33.5 Å². The molecular weight excluding hydrogens is 488 g/mol. The highest BCUT2D eigenvalue weighted by Crippen LogP contribution is 2.35. The van der Waals surface area contributed by atoms with Gasteiger partial charge in [0.25, 0.3) is 0 Å². The molecule has 0 bridgehead atoms. The molecule has 38 heavy (non-hydrogen) atoms. The van der Waals surface area contributed by atoms with Crippen LogP contribution in [0.1, 0.15) is 18.1 Å². The van der Waals surface area contributed by atoms with Gasteiger partial charge in [-0.05, 0) is 42.3 Å². The zero-order valence-electron chi connectivity index (χ0n) is 21.4. The standard InChI is InChI=1S/C30H32O8/c1-22(2)23-11-13-24(14-12-23)30(38-19-29(31)32)20-36-27-9-5-3-7-25(27)34-17-15-33-16-18-35-26-8-4-6-10-28(26)37-21-30/h3-14H,1,15-21H2,2H3,(H,31,32). The van der Waals surface area contributed by atoms with Gasteiger partial charge in [0.2, 0.25) is 0 Å². The summed E-state index contributed by atoms with van der Waals surface area (Å²) in [5.74, 6) is 0.948. The molecule has 0 fully saturated rings. The van der Waals surface area contributed by atoms with Gasteiger partial charge in [0.05, 0.1) is 13.2 Å². The van der Waals surface area contributed by atoms with Crippen LogP contribution in [0.3, 0.4) is 0 Å². The predicted octanol–water partition coefficient (Wildman–Crippen LogP) is 4.96. The molecule has 200 valence electrons. The van der Waals surface area contributed by atoms with Crippen LogP contribution < -0.4 is 18.9 Å². The molecule has 3 aromatic rings. The van der Waals surface area contributed by atoms with E-state index in [4.69, 9.17) is 28.4 Å². The summed E-state index contributed by atoms with van der Waals surface area (Å²) in [5, 5.41) is 9.50. The van der Waals surface area contributed by atoms with E-state index in [1.165, 1.54) is 0 Å². The van der Waals surface area contributed by atoms with Gasteiger partial charge in [-0.15, -0.1) is 0 Å². The molecule has 0 saturated heterocycles. The Labute approximate surface area is 222 Å². The van der Waals surface area contributed by atoms with E-state index < -0.39 is 18.2 Å². The van der Waals surface area contributed by atoms with Crippen molar-refractivity contribution in [3.63, 3.8) is 0 Å². The number of benzene rings is 3. The number of hydrogen-bond acceptors (Lipinski definition) is 7. The summed E-state index contributed by atoms with van der Waals surface area (Å²) < 4.78 is 36.0. The highest BCUT2D eigenvalue weighted by atomic mass is 16.6. The molecule has 1 heterocycles. The third kappa shape index (κ3) is 7.06. The summed E-state index contributed by atoms with van der Waals surface area (Å²) in [6.07, 6.45) is 0. The van der Waals surface area contributed by atoms with Crippen LogP contribution in [0, 0.1) is 0 Å². The van der Waals surface area contributed by atoms with Gasteiger partial charge in [-0.3, -0.25) is 0 Å². The van der Waals surface area contributed by atoms with E-state index in [1.54, 1.807) is 24.3 Å². The number of hydrogen-bond donors (Lipinski definition) is 1. The van der Waals surface area contributed by atoms with E-state index >= 15 is 0 Å². The zero-order chi connectivity index (χ0) is 26.8. The quantitative estimate of drug-likeness (QED) is 0.505. The van der Waals surface area contributed by atoms with E-state index in [1.807, 2.05) is 55.5 Å². The molecule has 1 aliphatic rings. The third-order valence-corrected chi connectivity index (χ3v) is 5.97. The third-order valence-electron chi connectivity index (χ3n) is 5.97. The first kappa shape index (κ1) is 27.0. The molecule has 1 aliphatic heterocycles. The molecular formula is C30H32O8. The van der Waals surface area contributed by atoms with Crippen molar-refractivity contribution in [1.29, 1.82) is 0 Å². The Bertz CT molecular complexity index is 1170. The molecule has 0 atom stereocenters. The molecule has 0 spiro atoms. The van der Waals surface area contributed by atoms with Gasteiger partial charge in [-0.1, -0.05) is 60.7 Å². The van der Waals surface area contributed by atoms with Gasteiger partial charge in [-0.25, -0.2) is 4.79 Å². The Kier molecular flexibility index (Phi) is 9.24. The van der Waals surface area contributed by atoms with Crippen LogP contribution in [-0.4, -0.2) is 57.3 Å². The number of rotatable bonds is 5. The molecule has 8 heteroatoms. The van der Waals surface area contributed by atoms with Crippen LogP contribution in [0.25, 0.3) is 5.57 Å². The van der Waals surface area contributed by atoms with Crippen molar-refractivity contribution in [2.75, 3.05) is 46.2 Å². The first-order chi connectivity index (χ1) is 18.5. The fourth-order valence-electron chi connectivity index (χ4n) is 3.92. The Hall–Kier alpha value is -4.01. The van der Waals surface area contributed by atoms with E-state index in [0.29, 0.717) is 55.0 Å². The lowest BCUT2D eigenvalue weighted by Gasteiger charge is -2.34. The first-order valence-electron chi connectivity index (χ1n) is 12.4. The van der Waals surface area contributed by atoms with Crippen LogP contribution in [0.15, 0.2) is 79.4 Å². The van der Waals surface area contributed by atoms with E-state index in [0.717, 1.165) is 11.1 Å². The predicted molar refractivity (Wildman–Crippen MR) is 142 cm³/mol. The summed E-state index contributed by atoms with van der Waals surface area (Å²) >= 11 is 0. The van der Waals surface area contributed by atoms with Crippen molar-refractivity contribution < 1.29 is 38.3 Å². The second kappa shape index (κ2) is 13.0. The minimum absolute atomic E-state index is 0.0490. The summed E-state index contributed by atoms with van der Waals surface area (Å²) in [6, 6.07) is 22.1. The van der Waals surface area contributed by atoms with Crippen molar-refractivity contribution in [2.24, 2.45) is 0 Å². The lowest BCUT2D eigenvalue weighted by atomic mass is 9.93. The second-order valence-corrected chi connectivity index (χ2v) is 8.81. The molecule has 8 nitrogen and oxygen atoms in total. The van der Waals surface area contributed by atoms with Crippen molar-refractivity contribution in [2.45, 2.75) is 12.5 Å². The average Bonchev–Trinajstić information content (AvgIpc) is 2.93. The molecule has 3 aromatic carbocycles. The van der Waals surface area contributed by atoms with Crippen LogP contribution in [0.4, 0.5) is 0 Å². The fraction of sp³-hybridized carbons (Fsp3) is 0.300. The minimum Gasteiger partial charge on any atom is -0.487 e. The van der Waals surface area contributed by atoms with E-state index in [-0.39, 0.29) is 13.2 Å². The summed E-state index contributed by atoms with van der Waals surface area (Å²) in [4.78, 5) is 11.6. The highest BCUT2D eigenvalue weighted by Gasteiger charge is 2.37. The number of carbonyl (C=O) groups is 1. The average molecular weight is 521 g/mol. The number of ether oxygens (including phenoxy) is 6. The van der Waals surface area contributed by atoms with Crippen molar-refractivity contribution in [3.8, 4) is 23.0 Å². The number of allylic oxidation sites excluding steroid dienone is 1. The number of aliphatic carboxylic acids is 1. The molecule has 1 N–H and O–H groups in total.